The third kappa shape index (κ3) is 1.76. The van der Waals surface area contributed by atoms with Gasteiger partial charge in [-0.05, 0) is 50.4 Å². The maximum absolute atomic E-state index is 12.8. The lowest BCUT2D eigenvalue weighted by molar-refractivity contribution is 0.625. The fourth-order valence-electron chi connectivity index (χ4n) is 0.691. The molecule has 60 valence electrons. The molecule has 1 aromatic rings. The molecule has 0 atom stereocenters. The minimum absolute atomic E-state index is 0.113. The first kappa shape index (κ1) is 9.49. The lowest BCUT2D eigenvalue weighted by Gasteiger charge is -2.03. The van der Waals surface area contributed by atoms with Crippen LogP contribution in [0.3, 0.4) is 0 Å². The van der Waals surface area contributed by atoms with E-state index in [2.05, 4.69) is 31.9 Å². The average molecular weight is 302 g/mol. The summed E-state index contributed by atoms with van der Waals surface area (Å²) in [5.41, 5.74) is 0.818. The number of hydrogen-bond donors (Lipinski definition) is 0. The Kier molecular flexibility index (Phi) is 2.95. The van der Waals surface area contributed by atoms with Crippen LogP contribution in [0.5, 0.6) is 0 Å². The van der Waals surface area contributed by atoms with Crippen LogP contribution in [0, 0.1) is 12.7 Å². The van der Waals surface area contributed by atoms with Crippen molar-refractivity contribution in [2.24, 2.45) is 0 Å². The van der Waals surface area contributed by atoms with Crippen molar-refractivity contribution < 1.29 is 4.39 Å². The van der Waals surface area contributed by atoms with Gasteiger partial charge in [-0.25, -0.2) is 4.39 Å². The van der Waals surface area contributed by atoms with E-state index in [0.29, 0.717) is 4.47 Å². The largest absolute Gasteiger partial charge is 0.205 e. The van der Waals surface area contributed by atoms with Gasteiger partial charge in [0.15, 0.2) is 0 Å². The minimum Gasteiger partial charge on any atom is -0.205 e. The zero-order valence-corrected chi connectivity index (χ0v) is 9.52. The standard InChI is InChI=1S/C7H4Br2ClF/c1-3-2-4(11)7(10)6(9)5(3)8/h2H,1H3. The van der Waals surface area contributed by atoms with Crippen molar-refractivity contribution in [1.29, 1.82) is 0 Å². The number of halogens is 4. The van der Waals surface area contributed by atoms with Crippen LogP contribution < -0.4 is 0 Å². The first-order valence-corrected chi connectivity index (χ1v) is 4.80. The molecule has 0 saturated heterocycles. The Balaban J connectivity index is 3.46. The predicted octanol–water partition coefficient (Wildman–Crippen LogP) is 4.31. The van der Waals surface area contributed by atoms with Gasteiger partial charge < -0.3 is 0 Å². The van der Waals surface area contributed by atoms with Crippen LogP contribution >= 0.6 is 43.5 Å². The van der Waals surface area contributed by atoms with E-state index in [0.717, 1.165) is 10.0 Å². The van der Waals surface area contributed by atoms with E-state index < -0.39 is 5.82 Å². The molecule has 0 spiro atoms. The lowest BCUT2D eigenvalue weighted by atomic mass is 10.2. The summed E-state index contributed by atoms with van der Waals surface area (Å²) in [5.74, 6) is -0.403. The topological polar surface area (TPSA) is 0 Å². The summed E-state index contributed by atoms with van der Waals surface area (Å²) in [5, 5.41) is 0.113. The van der Waals surface area contributed by atoms with E-state index in [-0.39, 0.29) is 5.02 Å². The van der Waals surface area contributed by atoms with Crippen molar-refractivity contribution in [3.8, 4) is 0 Å². The van der Waals surface area contributed by atoms with Crippen molar-refractivity contribution in [2.75, 3.05) is 0 Å². The molecular formula is C7H4Br2ClF. The van der Waals surface area contributed by atoms with Crippen molar-refractivity contribution >= 4 is 43.5 Å². The smallest absolute Gasteiger partial charge is 0.143 e. The summed E-state index contributed by atoms with van der Waals surface area (Å²) in [4.78, 5) is 0. The molecule has 0 aromatic heterocycles. The van der Waals surface area contributed by atoms with E-state index in [9.17, 15) is 4.39 Å². The summed E-state index contributed by atoms with van der Waals surface area (Å²) < 4.78 is 14.2. The molecule has 0 N–H and O–H groups in total. The normalized spacial score (nSPS) is 10.3. The van der Waals surface area contributed by atoms with E-state index in [1.54, 1.807) is 6.92 Å². The number of rotatable bonds is 0. The highest BCUT2D eigenvalue weighted by Crippen LogP contribution is 2.34. The quantitative estimate of drug-likeness (QED) is 0.495. The summed E-state index contributed by atoms with van der Waals surface area (Å²) in [6, 6.07) is 1.39. The zero-order chi connectivity index (χ0) is 8.59. The molecule has 11 heavy (non-hydrogen) atoms. The van der Waals surface area contributed by atoms with Crippen LogP contribution in [0.25, 0.3) is 0 Å². The van der Waals surface area contributed by atoms with Gasteiger partial charge in [-0.15, -0.1) is 0 Å². The number of benzene rings is 1. The Bertz CT molecular complexity index is 273. The Morgan fingerprint density at radius 2 is 1.91 bits per heavy atom. The first-order valence-electron chi connectivity index (χ1n) is 2.83. The van der Waals surface area contributed by atoms with Crippen molar-refractivity contribution in [3.63, 3.8) is 0 Å². The van der Waals surface area contributed by atoms with Gasteiger partial charge in [0.1, 0.15) is 5.82 Å². The molecule has 1 aromatic carbocycles. The molecule has 0 saturated carbocycles. The second kappa shape index (κ2) is 3.42. The van der Waals surface area contributed by atoms with Gasteiger partial charge >= 0.3 is 0 Å². The van der Waals surface area contributed by atoms with Gasteiger partial charge in [0.2, 0.25) is 0 Å². The molecule has 0 aliphatic heterocycles. The molecule has 0 amide bonds. The highest BCUT2D eigenvalue weighted by atomic mass is 79.9. The summed E-state index contributed by atoms with van der Waals surface area (Å²) in [6.07, 6.45) is 0. The molecule has 0 heterocycles. The van der Waals surface area contributed by atoms with E-state index in [4.69, 9.17) is 11.6 Å². The molecule has 4 heteroatoms. The van der Waals surface area contributed by atoms with E-state index in [1.165, 1.54) is 6.07 Å². The SMILES string of the molecule is Cc1cc(F)c(Cl)c(Br)c1Br. The van der Waals surface area contributed by atoms with Crippen molar-refractivity contribution in [2.45, 2.75) is 6.92 Å². The second-order valence-corrected chi connectivity index (χ2v) is 4.08. The summed E-state index contributed by atoms with van der Waals surface area (Å²) >= 11 is 12.0. The third-order valence-electron chi connectivity index (χ3n) is 1.28. The lowest BCUT2D eigenvalue weighted by Crippen LogP contribution is -1.84. The highest BCUT2D eigenvalue weighted by Gasteiger charge is 2.09. The van der Waals surface area contributed by atoms with Crippen LogP contribution in [0.2, 0.25) is 5.02 Å². The Labute approximate surface area is 86.0 Å². The molecule has 0 unspecified atom stereocenters. The minimum atomic E-state index is -0.403. The van der Waals surface area contributed by atoms with Crippen LogP contribution in [-0.2, 0) is 0 Å². The van der Waals surface area contributed by atoms with Crippen LogP contribution in [0.15, 0.2) is 15.0 Å². The van der Waals surface area contributed by atoms with E-state index >= 15 is 0 Å². The average Bonchev–Trinajstić information content (AvgIpc) is 1.97. The van der Waals surface area contributed by atoms with Crippen molar-refractivity contribution in [1.82, 2.24) is 0 Å². The van der Waals surface area contributed by atoms with Gasteiger partial charge in [-0.1, -0.05) is 11.6 Å². The molecule has 0 radical (unpaired) electrons. The van der Waals surface area contributed by atoms with Crippen molar-refractivity contribution in [3.05, 3.63) is 31.4 Å². The molecule has 1 rings (SSSR count). The fraction of sp³-hybridized carbons (Fsp3) is 0.143. The van der Waals surface area contributed by atoms with Crippen LogP contribution in [-0.4, -0.2) is 0 Å². The maximum Gasteiger partial charge on any atom is 0.143 e. The van der Waals surface area contributed by atoms with Gasteiger partial charge in [0.05, 0.1) is 9.50 Å². The third-order valence-corrected chi connectivity index (χ3v) is 4.23. The molecule has 0 fully saturated rings. The monoisotopic (exact) mass is 300 g/mol. The molecule has 0 aliphatic rings. The van der Waals surface area contributed by atoms with Crippen LogP contribution in [0.1, 0.15) is 5.56 Å². The second-order valence-electron chi connectivity index (χ2n) is 2.12. The molecular weight excluding hydrogens is 298 g/mol. The Morgan fingerprint density at radius 1 is 1.36 bits per heavy atom. The fourth-order valence-corrected chi connectivity index (χ4v) is 1.77. The Morgan fingerprint density at radius 3 is 2.45 bits per heavy atom. The van der Waals surface area contributed by atoms with Gasteiger partial charge in [0.25, 0.3) is 0 Å². The first-order chi connectivity index (χ1) is 5.04. The summed E-state index contributed by atoms with van der Waals surface area (Å²) in [6.45, 7) is 1.80. The Hall–Kier alpha value is 0.400. The van der Waals surface area contributed by atoms with Gasteiger partial charge in [-0.3, -0.25) is 0 Å². The summed E-state index contributed by atoms with van der Waals surface area (Å²) in [7, 11) is 0. The number of hydrogen-bond acceptors (Lipinski definition) is 0. The zero-order valence-electron chi connectivity index (χ0n) is 5.59. The van der Waals surface area contributed by atoms with Gasteiger partial charge in [0, 0.05) is 4.47 Å². The number of aryl methyl sites for hydroxylation is 1. The van der Waals surface area contributed by atoms with Crippen LogP contribution in [0.4, 0.5) is 4.39 Å². The predicted molar refractivity (Wildman–Crippen MR) is 51.5 cm³/mol. The van der Waals surface area contributed by atoms with Gasteiger partial charge in [-0.2, -0.15) is 0 Å². The molecule has 0 bridgehead atoms. The molecule has 0 aliphatic carbocycles. The highest BCUT2D eigenvalue weighted by molar-refractivity contribution is 9.13. The maximum atomic E-state index is 12.8. The van der Waals surface area contributed by atoms with E-state index in [1.807, 2.05) is 0 Å². The molecule has 0 nitrogen and oxygen atoms in total.